The molecule has 2 aromatic carbocycles. The lowest BCUT2D eigenvalue weighted by Gasteiger charge is -2.30. The largest absolute Gasteiger partial charge is 0.492 e. The summed E-state index contributed by atoms with van der Waals surface area (Å²) in [5, 5.41) is 11.9. The van der Waals surface area contributed by atoms with Crippen LogP contribution in [0.5, 0.6) is 11.5 Å². The van der Waals surface area contributed by atoms with Crippen LogP contribution in [0.1, 0.15) is 31.2 Å². The van der Waals surface area contributed by atoms with Crippen molar-refractivity contribution in [3.05, 3.63) is 54.1 Å². The number of methoxy groups -OCH3 is 1. The molecule has 0 aliphatic carbocycles. The molecule has 154 valence electrons. The summed E-state index contributed by atoms with van der Waals surface area (Å²) in [6.45, 7) is -1.61. The van der Waals surface area contributed by atoms with Crippen LogP contribution in [0.2, 0.25) is 0 Å². The number of halogens is 2. The standard InChI is InChI=1S/C22H25F2N2O3/c1-28-19-8-5-4-7-18(19)26-20-9-3-2-6-14-25(20)15-22(26,27)16-10-12-17(13-11-16)29-21(23)24/h4-5,7-8,10-13,21,27H,2-3,6,9,14-15H2,1H3/q+1/t22-/m1/s1. The second-order valence-corrected chi connectivity index (χ2v) is 7.38. The molecule has 1 atom stereocenters. The maximum absolute atomic E-state index is 12.5. The van der Waals surface area contributed by atoms with Gasteiger partial charge in [-0.25, -0.2) is 0 Å². The minimum atomic E-state index is -2.88. The van der Waals surface area contributed by atoms with Crippen LogP contribution in [-0.2, 0) is 5.72 Å². The first-order valence-electron chi connectivity index (χ1n) is 9.84. The van der Waals surface area contributed by atoms with Gasteiger partial charge < -0.3 is 14.6 Å². The van der Waals surface area contributed by atoms with Gasteiger partial charge >= 0.3 is 6.61 Å². The van der Waals surface area contributed by atoms with Crippen LogP contribution in [0.15, 0.2) is 48.5 Å². The number of anilines is 1. The zero-order chi connectivity index (χ0) is 20.4. The third kappa shape index (κ3) is 3.67. The number of hydrogen-bond donors (Lipinski definition) is 1. The van der Waals surface area contributed by atoms with E-state index in [9.17, 15) is 13.9 Å². The summed E-state index contributed by atoms with van der Waals surface area (Å²) in [5.41, 5.74) is 0.0559. The molecule has 5 nitrogen and oxygen atoms in total. The number of para-hydroxylation sites is 2. The van der Waals surface area contributed by atoms with Crippen LogP contribution in [0.4, 0.5) is 14.5 Å². The Kier molecular flexibility index (Phi) is 5.41. The van der Waals surface area contributed by atoms with Crippen molar-refractivity contribution >= 4 is 11.5 Å². The van der Waals surface area contributed by atoms with E-state index in [1.165, 1.54) is 12.1 Å². The summed E-state index contributed by atoms with van der Waals surface area (Å²) in [7, 11) is 1.61. The molecule has 1 N–H and O–H groups in total. The second-order valence-electron chi connectivity index (χ2n) is 7.38. The van der Waals surface area contributed by atoms with Gasteiger partial charge in [0.25, 0.3) is 11.6 Å². The molecular formula is C22H25F2N2O3+. The van der Waals surface area contributed by atoms with Gasteiger partial charge in [0, 0.05) is 12.0 Å². The normalized spacial score (nSPS) is 21.9. The van der Waals surface area contributed by atoms with Gasteiger partial charge in [0.1, 0.15) is 5.75 Å². The van der Waals surface area contributed by atoms with Crippen LogP contribution in [0.3, 0.4) is 0 Å². The zero-order valence-corrected chi connectivity index (χ0v) is 16.4. The van der Waals surface area contributed by atoms with E-state index >= 15 is 0 Å². The van der Waals surface area contributed by atoms with E-state index in [0.717, 1.165) is 43.8 Å². The average molecular weight is 403 g/mol. The van der Waals surface area contributed by atoms with Crippen LogP contribution >= 0.6 is 0 Å². The van der Waals surface area contributed by atoms with Gasteiger partial charge in [0.05, 0.1) is 13.7 Å². The molecule has 0 bridgehead atoms. The predicted molar refractivity (Wildman–Crippen MR) is 106 cm³/mol. The number of ether oxygens (including phenoxy) is 2. The van der Waals surface area contributed by atoms with Gasteiger partial charge in [-0.2, -0.15) is 13.7 Å². The molecule has 2 aliphatic heterocycles. The highest BCUT2D eigenvalue weighted by molar-refractivity contribution is 5.98. The molecule has 2 aliphatic rings. The van der Waals surface area contributed by atoms with Gasteiger partial charge in [-0.3, -0.25) is 4.58 Å². The van der Waals surface area contributed by atoms with E-state index in [2.05, 4.69) is 9.31 Å². The molecule has 0 fully saturated rings. The lowest BCUT2D eigenvalue weighted by atomic mass is 9.99. The maximum Gasteiger partial charge on any atom is 0.387 e. The Labute approximate surface area is 168 Å². The first kappa shape index (κ1) is 19.6. The van der Waals surface area contributed by atoms with E-state index in [-0.39, 0.29) is 5.75 Å². The number of benzene rings is 2. The van der Waals surface area contributed by atoms with Gasteiger partial charge in [0.2, 0.25) is 0 Å². The Morgan fingerprint density at radius 3 is 2.55 bits per heavy atom. The summed E-state index contributed by atoms with van der Waals surface area (Å²) in [5.74, 6) is 1.79. The molecule has 0 saturated carbocycles. The van der Waals surface area contributed by atoms with Crippen molar-refractivity contribution in [2.45, 2.75) is 38.0 Å². The Balaban J connectivity index is 1.78. The highest BCUT2D eigenvalue weighted by Crippen LogP contribution is 2.41. The van der Waals surface area contributed by atoms with Gasteiger partial charge in [-0.1, -0.05) is 12.1 Å². The van der Waals surface area contributed by atoms with Crippen molar-refractivity contribution in [2.24, 2.45) is 0 Å². The third-order valence-corrected chi connectivity index (χ3v) is 5.60. The fourth-order valence-electron chi connectivity index (χ4n) is 4.30. The molecule has 2 aromatic rings. The lowest BCUT2D eigenvalue weighted by molar-refractivity contribution is -0.534. The van der Waals surface area contributed by atoms with Crippen molar-refractivity contribution in [3.63, 3.8) is 0 Å². The van der Waals surface area contributed by atoms with Crippen LogP contribution in [0, 0.1) is 0 Å². The average Bonchev–Trinajstić information content (AvgIpc) is 2.84. The Hall–Kier alpha value is -2.67. The van der Waals surface area contributed by atoms with Crippen molar-refractivity contribution in [2.75, 3.05) is 25.1 Å². The van der Waals surface area contributed by atoms with Crippen LogP contribution in [-0.4, -0.2) is 42.3 Å². The molecule has 0 radical (unpaired) electrons. The molecule has 29 heavy (non-hydrogen) atoms. The lowest BCUT2D eigenvalue weighted by Crippen LogP contribution is -2.47. The van der Waals surface area contributed by atoms with Crippen molar-refractivity contribution in [1.82, 2.24) is 0 Å². The third-order valence-electron chi connectivity index (χ3n) is 5.60. The molecule has 0 aromatic heterocycles. The molecule has 0 unspecified atom stereocenters. The van der Waals surface area contributed by atoms with Crippen LogP contribution in [0.25, 0.3) is 0 Å². The quantitative estimate of drug-likeness (QED) is 0.768. The van der Waals surface area contributed by atoms with Gasteiger partial charge in [-0.15, -0.1) is 0 Å². The molecule has 4 rings (SSSR count). The maximum atomic E-state index is 12.5. The Bertz CT molecular complexity index is 901. The number of aliphatic hydroxyl groups is 1. The molecule has 2 heterocycles. The highest BCUT2D eigenvalue weighted by atomic mass is 19.3. The summed E-state index contributed by atoms with van der Waals surface area (Å²) in [6, 6.07) is 13.8. The summed E-state index contributed by atoms with van der Waals surface area (Å²) < 4.78 is 37.3. The topological polar surface area (TPSA) is 44.9 Å². The van der Waals surface area contributed by atoms with Crippen LogP contribution < -0.4 is 14.4 Å². The minimum absolute atomic E-state index is 0.0661. The molecule has 7 heteroatoms. The van der Waals surface area contributed by atoms with Gasteiger partial charge in [0.15, 0.2) is 18.0 Å². The fraction of sp³-hybridized carbons (Fsp3) is 0.409. The van der Waals surface area contributed by atoms with Gasteiger partial charge in [-0.05, 0) is 55.7 Å². The van der Waals surface area contributed by atoms with E-state index in [1.807, 2.05) is 29.2 Å². The van der Waals surface area contributed by atoms with E-state index in [4.69, 9.17) is 4.74 Å². The summed E-state index contributed by atoms with van der Waals surface area (Å²) >= 11 is 0. The molecule has 0 amide bonds. The van der Waals surface area contributed by atoms with Crippen molar-refractivity contribution < 1.29 is 27.9 Å². The number of hydrogen-bond acceptors (Lipinski definition) is 4. The smallest absolute Gasteiger partial charge is 0.387 e. The Morgan fingerprint density at radius 1 is 1.07 bits per heavy atom. The first-order valence-corrected chi connectivity index (χ1v) is 9.84. The van der Waals surface area contributed by atoms with E-state index < -0.39 is 12.3 Å². The van der Waals surface area contributed by atoms with E-state index in [0.29, 0.717) is 17.9 Å². The monoisotopic (exact) mass is 403 g/mol. The predicted octanol–water partition coefficient (Wildman–Crippen LogP) is 3.95. The summed E-state index contributed by atoms with van der Waals surface area (Å²) in [6.07, 6.45) is 4.13. The number of nitrogens with zero attached hydrogens (tertiary/aromatic N) is 2. The van der Waals surface area contributed by atoms with Crippen molar-refractivity contribution in [1.29, 1.82) is 0 Å². The second kappa shape index (κ2) is 7.99. The Morgan fingerprint density at radius 2 is 1.83 bits per heavy atom. The molecule has 0 saturated heterocycles. The number of amidine groups is 1. The number of rotatable bonds is 5. The van der Waals surface area contributed by atoms with Crippen molar-refractivity contribution in [3.8, 4) is 11.5 Å². The SMILES string of the molecule is COc1ccccc1N1C2=[N+](CCCCC2)C[C@@]1(O)c1ccc(OC(F)F)cc1. The highest BCUT2D eigenvalue weighted by Gasteiger charge is 2.54. The number of alkyl halides is 2. The summed E-state index contributed by atoms with van der Waals surface area (Å²) in [4.78, 5) is 1.94. The first-order chi connectivity index (χ1) is 14.0. The minimum Gasteiger partial charge on any atom is -0.492 e. The molecule has 0 spiro atoms. The molecular weight excluding hydrogens is 378 g/mol. The fourth-order valence-corrected chi connectivity index (χ4v) is 4.30. The van der Waals surface area contributed by atoms with E-state index in [1.54, 1.807) is 19.2 Å². The zero-order valence-electron chi connectivity index (χ0n) is 16.4.